The Morgan fingerprint density at radius 1 is 1.35 bits per heavy atom. The van der Waals surface area contributed by atoms with Gasteiger partial charge in [-0.05, 0) is 30.6 Å². The maximum Gasteiger partial charge on any atom is 0.409 e. The molecule has 0 spiro atoms. The fourth-order valence-corrected chi connectivity index (χ4v) is 1.15. The fraction of sp³-hybridized carbons (Fsp3) is 0.385. The van der Waals surface area contributed by atoms with Crippen molar-refractivity contribution < 1.29 is 17.9 Å². The van der Waals surface area contributed by atoms with Gasteiger partial charge in [-0.3, -0.25) is 0 Å². The second-order valence-electron chi connectivity index (χ2n) is 3.36. The van der Waals surface area contributed by atoms with Gasteiger partial charge in [-0.15, -0.1) is 0 Å². The highest BCUT2D eigenvalue weighted by Crippen LogP contribution is 2.19. The molecule has 0 radical (unpaired) electrons. The molecule has 0 N–H and O–H groups in total. The van der Waals surface area contributed by atoms with E-state index in [0.29, 0.717) is 17.8 Å². The molecule has 0 saturated heterocycles. The monoisotopic (exact) mass is 246 g/mol. The Morgan fingerprint density at radius 3 is 2.29 bits per heavy atom. The van der Waals surface area contributed by atoms with Gasteiger partial charge in [0.25, 0.3) is 0 Å². The SMILES string of the molecule is C=CC(=C/C(CC)=C(\C)OC)/C=C/C(F)(F)F. The molecule has 0 aromatic rings. The standard InChI is InChI=1S/C13H17F3O/c1-5-11(7-8-13(14,15)16)9-12(6-2)10(3)17-4/h5,7-9H,1,6H2,2-4H3/b8-7+,11-9-,12-10+. The highest BCUT2D eigenvalue weighted by atomic mass is 19.4. The first-order valence-corrected chi connectivity index (χ1v) is 5.17. The van der Waals surface area contributed by atoms with Gasteiger partial charge < -0.3 is 4.74 Å². The van der Waals surface area contributed by atoms with Crippen LogP contribution in [0.1, 0.15) is 20.3 Å². The number of methoxy groups -OCH3 is 1. The lowest BCUT2D eigenvalue weighted by atomic mass is 10.1. The van der Waals surface area contributed by atoms with Crippen molar-refractivity contribution >= 4 is 0 Å². The predicted molar refractivity (Wildman–Crippen MR) is 63.5 cm³/mol. The van der Waals surface area contributed by atoms with Crippen molar-refractivity contribution in [2.24, 2.45) is 0 Å². The predicted octanol–water partition coefficient (Wildman–Crippen LogP) is 4.55. The van der Waals surface area contributed by atoms with Crippen molar-refractivity contribution in [3.63, 3.8) is 0 Å². The van der Waals surface area contributed by atoms with Crippen molar-refractivity contribution in [1.82, 2.24) is 0 Å². The van der Waals surface area contributed by atoms with Gasteiger partial charge in [-0.2, -0.15) is 13.2 Å². The number of alkyl halides is 3. The van der Waals surface area contributed by atoms with Crippen LogP contribution in [0.15, 0.2) is 47.8 Å². The fourth-order valence-electron chi connectivity index (χ4n) is 1.15. The van der Waals surface area contributed by atoms with Crippen molar-refractivity contribution in [2.75, 3.05) is 7.11 Å². The maximum atomic E-state index is 12.0. The molecule has 0 aliphatic rings. The summed E-state index contributed by atoms with van der Waals surface area (Å²) in [6, 6.07) is 0. The van der Waals surface area contributed by atoms with Gasteiger partial charge in [0.2, 0.25) is 0 Å². The first kappa shape index (κ1) is 15.6. The van der Waals surface area contributed by atoms with E-state index in [4.69, 9.17) is 4.74 Å². The average Bonchev–Trinajstić information content (AvgIpc) is 2.27. The maximum absolute atomic E-state index is 12.0. The molecule has 0 saturated carbocycles. The Balaban J connectivity index is 5.12. The van der Waals surface area contributed by atoms with Crippen molar-refractivity contribution in [2.45, 2.75) is 26.4 Å². The first-order valence-electron chi connectivity index (χ1n) is 5.17. The van der Waals surface area contributed by atoms with Gasteiger partial charge >= 0.3 is 6.18 Å². The molecule has 17 heavy (non-hydrogen) atoms. The van der Waals surface area contributed by atoms with E-state index >= 15 is 0 Å². The summed E-state index contributed by atoms with van der Waals surface area (Å²) in [5, 5.41) is 0. The third kappa shape index (κ3) is 6.66. The molecule has 0 atom stereocenters. The van der Waals surface area contributed by atoms with Crippen LogP contribution in [0, 0.1) is 0 Å². The molecule has 0 heterocycles. The minimum atomic E-state index is -4.31. The highest BCUT2D eigenvalue weighted by Gasteiger charge is 2.21. The summed E-state index contributed by atoms with van der Waals surface area (Å²) in [5.74, 6) is 0.687. The number of rotatable bonds is 5. The zero-order chi connectivity index (χ0) is 13.5. The van der Waals surface area contributed by atoms with Gasteiger partial charge in [-0.1, -0.05) is 25.7 Å². The van der Waals surface area contributed by atoms with Gasteiger partial charge in [-0.25, -0.2) is 0 Å². The van der Waals surface area contributed by atoms with E-state index in [9.17, 15) is 13.2 Å². The van der Waals surface area contributed by atoms with E-state index in [0.717, 1.165) is 11.6 Å². The number of ether oxygens (including phenoxy) is 1. The summed E-state index contributed by atoms with van der Waals surface area (Å²) >= 11 is 0. The van der Waals surface area contributed by atoms with Crippen LogP contribution in [0.2, 0.25) is 0 Å². The second-order valence-corrected chi connectivity index (χ2v) is 3.36. The lowest BCUT2D eigenvalue weighted by Crippen LogP contribution is -2.00. The van der Waals surface area contributed by atoms with E-state index < -0.39 is 6.18 Å². The topological polar surface area (TPSA) is 9.23 Å². The zero-order valence-electron chi connectivity index (χ0n) is 10.3. The molecule has 1 nitrogen and oxygen atoms in total. The molecule has 0 aliphatic carbocycles. The van der Waals surface area contributed by atoms with E-state index in [1.54, 1.807) is 13.0 Å². The molecule has 0 aromatic carbocycles. The minimum Gasteiger partial charge on any atom is -0.501 e. The van der Waals surface area contributed by atoms with Gasteiger partial charge in [0.15, 0.2) is 0 Å². The van der Waals surface area contributed by atoms with E-state index in [1.165, 1.54) is 13.2 Å². The third-order valence-electron chi connectivity index (χ3n) is 2.18. The van der Waals surface area contributed by atoms with Crippen molar-refractivity contribution in [3.8, 4) is 0 Å². The third-order valence-corrected chi connectivity index (χ3v) is 2.18. The van der Waals surface area contributed by atoms with E-state index in [-0.39, 0.29) is 6.08 Å². The Kier molecular flexibility index (Phi) is 6.39. The number of halogens is 3. The quantitative estimate of drug-likeness (QED) is 0.511. The summed E-state index contributed by atoms with van der Waals surface area (Å²) < 4.78 is 41.1. The molecule has 0 bridgehead atoms. The number of hydrogen-bond donors (Lipinski definition) is 0. The number of allylic oxidation sites excluding steroid dienone is 7. The minimum absolute atomic E-state index is 0.190. The van der Waals surface area contributed by atoms with Crippen molar-refractivity contribution in [3.05, 3.63) is 47.8 Å². The van der Waals surface area contributed by atoms with Gasteiger partial charge in [0, 0.05) is 6.08 Å². The molecule has 0 amide bonds. The van der Waals surface area contributed by atoms with Gasteiger partial charge in [0.1, 0.15) is 0 Å². The molecular weight excluding hydrogens is 229 g/mol. The van der Waals surface area contributed by atoms with Crippen LogP contribution in [0.4, 0.5) is 13.2 Å². The lowest BCUT2D eigenvalue weighted by Gasteiger charge is -2.06. The molecule has 4 heteroatoms. The summed E-state index contributed by atoms with van der Waals surface area (Å²) in [6.45, 7) is 7.16. The smallest absolute Gasteiger partial charge is 0.409 e. The van der Waals surface area contributed by atoms with Gasteiger partial charge in [0.05, 0.1) is 12.9 Å². The normalized spacial score (nSPS) is 14.8. The van der Waals surface area contributed by atoms with Crippen LogP contribution in [0.5, 0.6) is 0 Å². The number of hydrogen-bond acceptors (Lipinski definition) is 1. The summed E-state index contributed by atoms with van der Waals surface area (Å²) in [7, 11) is 1.53. The summed E-state index contributed by atoms with van der Waals surface area (Å²) in [6.07, 6.45) is 0.557. The first-order chi connectivity index (χ1) is 7.84. The summed E-state index contributed by atoms with van der Waals surface area (Å²) in [4.78, 5) is 0. The second kappa shape index (κ2) is 6.99. The highest BCUT2D eigenvalue weighted by molar-refractivity contribution is 5.37. The molecular formula is C13H17F3O. The largest absolute Gasteiger partial charge is 0.501 e. The average molecular weight is 246 g/mol. The molecule has 0 fully saturated rings. The zero-order valence-corrected chi connectivity index (χ0v) is 10.3. The van der Waals surface area contributed by atoms with Crippen LogP contribution >= 0.6 is 0 Å². The Labute approximate surface area is 100.0 Å². The van der Waals surface area contributed by atoms with E-state index in [2.05, 4.69) is 6.58 Å². The Bertz CT molecular complexity index is 346. The molecule has 0 aromatic heterocycles. The van der Waals surface area contributed by atoms with E-state index in [1.807, 2.05) is 6.92 Å². The van der Waals surface area contributed by atoms with Crippen LogP contribution in [0.3, 0.4) is 0 Å². The van der Waals surface area contributed by atoms with Crippen LogP contribution in [-0.4, -0.2) is 13.3 Å². The summed E-state index contributed by atoms with van der Waals surface area (Å²) in [5.41, 5.74) is 1.24. The molecule has 0 rings (SSSR count). The molecule has 96 valence electrons. The van der Waals surface area contributed by atoms with Crippen LogP contribution < -0.4 is 0 Å². The molecule has 0 unspecified atom stereocenters. The Hall–Kier alpha value is -1.45. The Morgan fingerprint density at radius 2 is 1.94 bits per heavy atom. The lowest BCUT2D eigenvalue weighted by molar-refractivity contribution is -0.0798. The van der Waals surface area contributed by atoms with Crippen molar-refractivity contribution in [1.29, 1.82) is 0 Å². The van der Waals surface area contributed by atoms with Crippen LogP contribution in [-0.2, 0) is 4.74 Å². The molecule has 0 aliphatic heterocycles. The van der Waals surface area contributed by atoms with Crippen LogP contribution in [0.25, 0.3) is 0 Å².